The van der Waals surface area contributed by atoms with E-state index in [1.165, 1.54) is 29.7 Å². The van der Waals surface area contributed by atoms with Gasteiger partial charge in [0.2, 0.25) is 0 Å². The van der Waals surface area contributed by atoms with Gasteiger partial charge in [-0.3, -0.25) is 4.79 Å². The van der Waals surface area contributed by atoms with Crippen LogP contribution < -0.4 is 5.43 Å². The van der Waals surface area contributed by atoms with Crippen LogP contribution in [0.2, 0.25) is 0 Å². The predicted octanol–water partition coefficient (Wildman–Crippen LogP) is 3.88. The van der Waals surface area contributed by atoms with E-state index in [0.29, 0.717) is 5.71 Å². The molecule has 120 valence electrons. The third kappa shape index (κ3) is 3.79. The topological polar surface area (TPSA) is 61.7 Å². The number of phenolic OH excluding ortho intramolecular Hbond substituents is 1. The van der Waals surface area contributed by atoms with Gasteiger partial charge in [-0.15, -0.1) is 11.3 Å². The summed E-state index contributed by atoms with van der Waals surface area (Å²) >= 11 is 1.59. The minimum atomic E-state index is -0.152. The van der Waals surface area contributed by atoms with Crippen molar-refractivity contribution >= 4 is 23.0 Å². The number of thiophene rings is 1. The maximum Gasteiger partial charge on any atom is 0.281 e. The van der Waals surface area contributed by atoms with Gasteiger partial charge in [-0.1, -0.05) is 6.42 Å². The summed E-state index contributed by atoms with van der Waals surface area (Å²) in [6, 6.07) is 8.77. The van der Waals surface area contributed by atoms with Crippen LogP contribution in [0.4, 0.5) is 0 Å². The fraction of sp³-hybridized carbons (Fsp3) is 0.333. The number of nitrogens with one attached hydrogen (secondary N) is 1. The average Bonchev–Trinajstić information content (AvgIpc) is 2.84. The number of hydrogen-bond acceptors (Lipinski definition) is 4. The highest BCUT2D eigenvalue weighted by Gasteiger charge is 2.16. The number of aryl methyl sites for hydroxylation is 2. The second-order valence-electron chi connectivity index (χ2n) is 5.80. The van der Waals surface area contributed by atoms with Gasteiger partial charge >= 0.3 is 0 Å². The zero-order chi connectivity index (χ0) is 16.2. The molecule has 2 N–H and O–H groups in total. The maximum atomic E-state index is 12.3. The Balaban J connectivity index is 1.69. The van der Waals surface area contributed by atoms with E-state index in [1.54, 1.807) is 35.6 Å². The van der Waals surface area contributed by atoms with Crippen LogP contribution in [0.5, 0.6) is 5.75 Å². The van der Waals surface area contributed by atoms with E-state index in [2.05, 4.69) is 10.5 Å². The van der Waals surface area contributed by atoms with E-state index in [4.69, 9.17) is 0 Å². The van der Waals surface area contributed by atoms with Crippen LogP contribution in [0.15, 0.2) is 35.4 Å². The third-order valence-corrected chi connectivity index (χ3v) is 5.32. The highest BCUT2D eigenvalue weighted by molar-refractivity contribution is 7.14. The summed E-state index contributed by atoms with van der Waals surface area (Å²) in [6.07, 6.45) is 5.87. The monoisotopic (exact) mass is 328 g/mol. The molecule has 5 heteroatoms. The molecule has 23 heavy (non-hydrogen) atoms. The van der Waals surface area contributed by atoms with Crippen LogP contribution in [0.25, 0.3) is 0 Å². The Morgan fingerprint density at radius 1 is 1.17 bits per heavy atom. The number of carbonyl (C=O) groups excluding carboxylic acids is 1. The lowest BCUT2D eigenvalue weighted by molar-refractivity contribution is 0.0959. The molecule has 4 nitrogen and oxygen atoms in total. The van der Waals surface area contributed by atoms with Crippen LogP contribution in [0, 0.1) is 0 Å². The van der Waals surface area contributed by atoms with Crippen molar-refractivity contribution in [1.29, 1.82) is 0 Å². The Morgan fingerprint density at radius 3 is 2.70 bits per heavy atom. The Hall–Kier alpha value is -2.14. The Morgan fingerprint density at radius 2 is 1.91 bits per heavy atom. The molecule has 0 spiro atoms. The minimum Gasteiger partial charge on any atom is -0.508 e. The number of aromatic hydroxyl groups is 1. The molecule has 0 saturated heterocycles. The molecule has 1 heterocycles. The summed E-state index contributed by atoms with van der Waals surface area (Å²) in [5.41, 5.74) is 5.53. The lowest BCUT2D eigenvalue weighted by Gasteiger charge is -2.02. The number of hydrogen-bond donors (Lipinski definition) is 2. The first-order valence-corrected chi connectivity index (χ1v) is 8.71. The van der Waals surface area contributed by atoms with Gasteiger partial charge in [-0.05, 0) is 74.1 Å². The molecule has 1 aromatic heterocycles. The Bertz CT molecular complexity index is 708. The summed E-state index contributed by atoms with van der Waals surface area (Å²) in [6.45, 7) is 1.83. The van der Waals surface area contributed by atoms with Gasteiger partial charge in [0.05, 0.1) is 10.6 Å². The molecule has 0 saturated carbocycles. The SMILES string of the molecule is C/C(=N\NC(=O)c1cc2c(s1)CCCCC2)c1ccc(O)cc1. The first-order chi connectivity index (χ1) is 11.1. The highest BCUT2D eigenvalue weighted by Crippen LogP contribution is 2.28. The number of benzene rings is 1. The van der Waals surface area contributed by atoms with Crippen LogP contribution in [0.3, 0.4) is 0 Å². The van der Waals surface area contributed by atoms with Gasteiger partial charge in [0, 0.05) is 4.88 Å². The molecule has 3 rings (SSSR count). The summed E-state index contributed by atoms with van der Waals surface area (Å²) < 4.78 is 0. The van der Waals surface area contributed by atoms with Crippen LogP contribution in [-0.4, -0.2) is 16.7 Å². The van der Waals surface area contributed by atoms with Gasteiger partial charge in [-0.25, -0.2) is 5.43 Å². The summed E-state index contributed by atoms with van der Waals surface area (Å²) in [4.78, 5) is 14.4. The molecule has 0 radical (unpaired) electrons. The van der Waals surface area contributed by atoms with Gasteiger partial charge < -0.3 is 5.11 Å². The van der Waals surface area contributed by atoms with Crippen molar-refractivity contribution in [3.63, 3.8) is 0 Å². The number of rotatable bonds is 3. The van der Waals surface area contributed by atoms with Crippen molar-refractivity contribution in [3.8, 4) is 5.75 Å². The molecule has 0 atom stereocenters. The summed E-state index contributed by atoms with van der Waals surface area (Å²) in [7, 11) is 0. The fourth-order valence-electron chi connectivity index (χ4n) is 2.74. The maximum absolute atomic E-state index is 12.3. The minimum absolute atomic E-state index is 0.152. The fourth-order valence-corrected chi connectivity index (χ4v) is 3.88. The quantitative estimate of drug-likeness (QED) is 0.510. The van der Waals surface area contributed by atoms with Crippen molar-refractivity contribution in [3.05, 3.63) is 51.2 Å². The average molecular weight is 328 g/mol. The zero-order valence-electron chi connectivity index (χ0n) is 13.1. The van der Waals surface area contributed by atoms with Gasteiger partial charge in [0.15, 0.2) is 0 Å². The second-order valence-corrected chi connectivity index (χ2v) is 6.94. The highest BCUT2D eigenvalue weighted by atomic mass is 32.1. The zero-order valence-corrected chi connectivity index (χ0v) is 13.9. The van der Waals surface area contributed by atoms with E-state index in [1.807, 2.05) is 13.0 Å². The standard InChI is InChI=1S/C18H20N2O2S/c1-12(13-7-9-15(21)10-8-13)19-20-18(22)17-11-14-5-3-2-4-6-16(14)23-17/h7-11,21H,2-6H2,1H3,(H,20,22)/b19-12+. The number of fused-ring (bicyclic) bond motifs is 1. The third-order valence-electron chi connectivity index (χ3n) is 4.08. The molecule has 0 fully saturated rings. The first kappa shape index (κ1) is 15.7. The second kappa shape index (κ2) is 6.96. The largest absolute Gasteiger partial charge is 0.508 e. The van der Waals surface area contributed by atoms with Crippen molar-refractivity contribution in [2.45, 2.75) is 39.0 Å². The van der Waals surface area contributed by atoms with Gasteiger partial charge in [-0.2, -0.15) is 5.10 Å². The molecule has 0 bridgehead atoms. The van der Waals surface area contributed by atoms with E-state index in [-0.39, 0.29) is 11.7 Å². The van der Waals surface area contributed by atoms with Crippen molar-refractivity contribution in [1.82, 2.24) is 5.43 Å². The van der Waals surface area contributed by atoms with Crippen LogP contribution >= 0.6 is 11.3 Å². The van der Waals surface area contributed by atoms with Crippen LogP contribution in [0.1, 0.15) is 51.9 Å². The Labute approximate surface area is 139 Å². The smallest absolute Gasteiger partial charge is 0.281 e. The molecule has 2 aromatic rings. The van der Waals surface area contributed by atoms with Crippen molar-refractivity contribution < 1.29 is 9.90 Å². The number of carbonyl (C=O) groups is 1. The molecule has 0 aliphatic heterocycles. The van der Waals surface area contributed by atoms with Gasteiger partial charge in [0.25, 0.3) is 5.91 Å². The predicted molar refractivity (Wildman–Crippen MR) is 93.4 cm³/mol. The summed E-state index contributed by atoms with van der Waals surface area (Å²) in [5.74, 6) is 0.0619. The normalized spacial score (nSPS) is 14.9. The molecular formula is C18H20N2O2S. The molecule has 1 aliphatic carbocycles. The molecule has 1 amide bonds. The number of hydrazone groups is 1. The molecule has 1 aliphatic rings. The number of nitrogens with zero attached hydrogens (tertiary/aromatic N) is 1. The Kier molecular flexibility index (Phi) is 4.76. The van der Waals surface area contributed by atoms with E-state index in [0.717, 1.165) is 23.3 Å². The van der Waals surface area contributed by atoms with Crippen molar-refractivity contribution in [2.75, 3.05) is 0 Å². The van der Waals surface area contributed by atoms with E-state index in [9.17, 15) is 9.90 Å². The van der Waals surface area contributed by atoms with Crippen LogP contribution in [-0.2, 0) is 12.8 Å². The molecule has 1 aromatic carbocycles. The van der Waals surface area contributed by atoms with E-state index >= 15 is 0 Å². The number of amides is 1. The first-order valence-electron chi connectivity index (χ1n) is 7.89. The lowest BCUT2D eigenvalue weighted by atomic mass is 10.1. The molecular weight excluding hydrogens is 308 g/mol. The summed E-state index contributed by atoms with van der Waals surface area (Å²) in [5, 5.41) is 13.5. The van der Waals surface area contributed by atoms with Gasteiger partial charge in [0.1, 0.15) is 5.75 Å². The molecule has 0 unspecified atom stereocenters. The van der Waals surface area contributed by atoms with E-state index < -0.39 is 0 Å². The lowest BCUT2D eigenvalue weighted by Crippen LogP contribution is -2.18. The van der Waals surface area contributed by atoms with Crippen molar-refractivity contribution in [2.24, 2.45) is 5.10 Å². The number of phenols is 1.